The summed E-state index contributed by atoms with van der Waals surface area (Å²) in [6.45, 7) is 0.483. The fraction of sp³-hybridized carbons (Fsp3) is 0.364. The van der Waals surface area contributed by atoms with Crippen LogP contribution in [0.15, 0.2) is 29.2 Å². The van der Waals surface area contributed by atoms with Crippen LogP contribution in [-0.4, -0.2) is 34.8 Å². The van der Waals surface area contributed by atoms with E-state index in [1.54, 1.807) is 30.5 Å². The van der Waals surface area contributed by atoms with Gasteiger partial charge in [-0.2, -0.15) is 0 Å². The lowest BCUT2D eigenvalue weighted by Gasteiger charge is -2.07. The topological polar surface area (TPSA) is 78.4 Å². The number of carbonyl (C=O) groups is 1. The first-order chi connectivity index (χ1) is 8.13. The summed E-state index contributed by atoms with van der Waals surface area (Å²) in [5.41, 5.74) is 0.640. The minimum atomic E-state index is -1.01. The van der Waals surface area contributed by atoms with Gasteiger partial charge in [-0.25, -0.2) is 4.79 Å². The number of nitrogens with one attached hydrogen (secondary N) is 2. The normalized spacial score (nSPS) is 11.9. The fourth-order valence-corrected chi connectivity index (χ4v) is 1.71. The van der Waals surface area contributed by atoms with Gasteiger partial charge in [0.1, 0.15) is 0 Å². The molecule has 6 heteroatoms. The Morgan fingerprint density at radius 1 is 1.35 bits per heavy atom. The summed E-state index contributed by atoms with van der Waals surface area (Å²) < 4.78 is 11.1. The highest BCUT2D eigenvalue weighted by atomic mass is 32.2. The Morgan fingerprint density at radius 3 is 2.53 bits per heavy atom. The molecule has 0 bridgehead atoms. The lowest BCUT2D eigenvalue weighted by atomic mass is 10.3. The summed E-state index contributed by atoms with van der Waals surface area (Å²) in [6, 6.07) is 6.49. The van der Waals surface area contributed by atoms with Crippen molar-refractivity contribution in [3.05, 3.63) is 24.3 Å². The second kappa shape index (κ2) is 7.03. The van der Waals surface area contributed by atoms with Crippen LogP contribution in [0.5, 0.6) is 0 Å². The zero-order chi connectivity index (χ0) is 12.7. The molecule has 0 radical (unpaired) electrons. The lowest BCUT2D eigenvalue weighted by Crippen LogP contribution is -2.29. The predicted octanol–water partition coefficient (Wildman–Crippen LogP) is 0.928. The summed E-state index contributed by atoms with van der Waals surface area (Å²) in [6.07, 6.45) is 2.13. The zero-order valence-electron chi connectivity index (χ0n) is 9.60. The van der Waals surface area contributed by atoms with E-state index in [1.807, 2.05) is 0 Å². The summed E-state index contributed by atoms with van der Waals surface area (Å²) in [5, 5.41) is 13.8. The molecule has 0 saturated heterocycles. The van der Waals surface area contributed by atoms with Crippen LogP contribution in [0.4, 0.5) is 10.5 Å². The minimum Gasteiger partial charge on any atom is -0.396 e. The molecule has 0 heterocycles. The monoisotopic (exact) mass is 256 g/mol. The number of hydrogen-bond acceptors (Lipinski definition) is 3. The van der Waals surface area contributed by atoms with Crippen molar-refractivity contribution in [1.82, 2.24) is 5.32 Å². The average molecular weight is 256 g/mol. The number of amides is 2. The van der Waals surface area contributed by atoms with Crippen LogP contribution in [0.25, 0.3) is 0 Å². The Hall–Kier alpha value is -1.40. The largest absolute Gasteiger partial charge is 0.396 e. The van der Waals surface area contributed by atoms with Gasteiger partial charge in [0.05, 0.1) is 0 Å². The molecule has 0 aliphatic rings. The Morgan fingerprint density at radius 2 is 2.00 bits per heavy atom. The molecule has 0 spiro atoms. The average Bonchev–Trinajstić information content (AvgIpc) is 2.30. The molecular formula is C11H16N2O3S. The van der Waals surface area contributed by atoms with Gasteiger partial charge in [-0.05, 0) is 30.7 Å². The Bertz CT molecular complexity index is 392. The van der Waals surface area contributed by atoms with Gasteiger partial charge in [-0.15, -0.1) is 0 Å². The van der Waals surface area contributed by atoms with Crippen LogP contribution in [0.3, 0.4) is 0 Å². The van der Waals surface area contributed by atoms with E-state index < -0.39 is 10.8 Å². The summed E-state index contributed by atoms with van der Waals surface area (Å²) in [4.78, 5) is 12.1. The molecule has 1 unspecified atom stereocenters. The number of aliphatic hydroxyl groups excluding tert-OH is 1. The number of benzene rings is 1. The van der Waals surface area contributed by atoms with E-state index in [2.05, 4.69) is 10.6 Å². The van der Waals surface area contributed by atoms with Crippen LogP contribution < -0.4 is 10.6 Å². The van der Waals surface area contributed by atoms with Gasteiger partial charge in [0.15, 0.2) is 0 Å². The maximum absolute atomic E-state index is 11.3. The number of aliphatic hydroxyl groups is 1. The Kier molecular flexibility index (Phi) is 5.65. The summed E-state index contributed by atoms with van der Waals surface area (Å²) >= 11 is 0. The second-order valence-corrected chi connectivity index (χ2v) is 4.82. The highest BCUT2D eigenvalue weighted by molar-refractivity contribution is 7.84. The van der Waals surface area contributed by atoms with Gasteiger partial charge < -0.3 is 15.7 Å². The van der Waals surface area contributed by atoms with Gasteiger partial charge in [0, 0.05) is 40.8 Å². The minimum absolute atomic E-state index is 0.0529. The van der Waals surface area contributed by atoms with E-state index in [0.29, 0.717) is 18.7 Å². The third-order valence-electron chi connectivity index (χ3n) is 2.06. The van der Waals surface area contributed by atoms with E-state index >= 15 is 0 Å². The van der Waals surface area contributed by atoms with Gasteiger partial charge in [-0.1, -0.05) is 0 Å². The maximum Gasteiger partial charge on any atom is 0.319 e. The van der Waals surface area contributed by atoms with Crippen molar-refractivity contribution < 1.29 is 14.1 Å². The molecule has 0 fully saturated rings. The van der Waals surface area contributed by atoms with Gasteiger partial charge in [-0.3, -0.25) is 4.21 Å². The number of rotatable bonds is 5. The standard InChI is InChI=1S/C11H16N2O3S/c1-17(16)10-5-3-9(4-6-10)13-11(15)12-7-2-8-14/h3-6,14H,2,7-8H2,1H3,(H2,12,13,15). The van der Waals surface area contributed by atoms with Crippen molar-refractivity contribution in [2.45, 2.75) is 11.3 Å². The van der Waals surface area contributed by atoms with Gasteiger partial charge >= 0.3 is 6.03 Å². The molecule has 0 aliphatic carbocycles. The van der Waals surface area contributed by atoms with E-state index in [4.69, 9.17) is 5.11 Å². The first kappa shape index (κ1) is 13.7. The Balaban J connectivity index is 2.46. The molecule has 0 aliphatic heterocycles. The first-order valence-electron chi connectivity index (χ1n) is 5.22. The van der Waals surface area contributed by atoms with Crippen LogP contribution in [0.2, 0.25) is 0 Å². The van der Waals surface area contributed by atoms with E-state index in [1.165, 1.54) is 0 Å². The molecule has 17 heavy (non-hydrogen) atoms. The highest BCUT2D eigenvalue weighted by Gasteiger charge is 2.01. The Labute approximate surface area is 103 Å². The molecule has 3 N–H and O–H groups in total. The predicted molar refractivity (Wildman–Crippen MR) is 67.5 cm³/mol. The van der Waals surface area contributed by atoms with Crippen LogP contribution in [-0.2, 0) is 10.8 Å². The fourth-order valence-electron chi connectivity index (χ4n) is 1.19. The third kappa shape index (κ3) is 4.97. The zero-order valence-corrected chi connectivity index (χ0v) is 10.4. The highest BCUT2D eigenvalue weighted by Crippen LogP contribution is 2.11. The number of anilines is 1. The molecule has 2 amide bonds. The molecule has 94 valence electrons. The van der Waals surface area contributed by atoms with Crippen molar-refractivity contribution >= 4 is 22.5 Å². The maximum atomic E-state index is 11.3. The van der Waals surface area contributed by atoms with Crippen molar-refractivity contribution in [1.29, 1.82) is 0 Å². The molecular weight excluding hydrogens is 240 g/mol. The molecule has 1 rings (SSSR count). The van der Waals surface area contributed by atoms with Crippen molar-refractivity contribution in [2.24, 2.45) is 0 Å². The number of carbonyl (C=O) groups excluding carboxylic acids is 1. The smallest absolute Gasteiger partial charge is 0.319 e. The van der Waals surface area contributed by atoms with Crippen LogP contribution in [0, 0.1) is 0 Å². The van der Waals surface area contributed by atoms with Crippen LogP contribution in [0.1, 0.15) is 6.42 Å². The van der Waals surface area contributed by atoms with Crippen molar-refractivity contribution in [2.75, 3.05) is 24.7 Å². The summed E-state index contributed by atoms with van der Waals surface area (Å²) in [5.74, 6) is 0. The summed E-state index contributed by atoms with van der Waals surface area (Å²) in [7, 11) is -1.01. The van der Waals surface area contributed by atoms with E-state index in [-0.39, 0.29) is 12.6 Å². The second-order valence-electron chi connectivity index (χ2n) is 3.44. The van der Waals surface area contributed by atoms with Crippen LogP contribution >= 0.6 is 0 Å². The molecule has 1 aromatic rings. The quantitative estimate of drug-likeness (QED) is 0.686. The number of hydrogen-bond donors (Lipinski definition) is 3. The molecule has 5 nitrogen and oxygen atoms in total. The first-order valence-corrected chi connectivity index (χ1v) is 6.78. The lowest BCUT2D eigenvalue weighted by molar-refractivity contribution is 0.249. The number of urea groups is 1. The molecule has 1 aromatic carbocycles. The van der Waals surface area contributed by atoms with E-state index in [9.17, 15) is 9.00 Å². The molecule has 0 saturated carbocycles. The molecule has 0 aromatic heterocycles. The van der Waals surface area contributed by atoms with Crippen molar-refractivity contribution in [3.63, 3.8) is 0 Å². The SMILES string of the molecule is CS(=O)c1ccc(NC(=O)NCCCO)cc1. The van der Waals surface area contributed by atoms with Gasteiger partial charge in [0.25, 0.3) is 0 Å². The third-order valence-corrected chi connectivity index (χ3v) is 3.00. The van der Waals surface area contributed by atoms with E-state index in [0.717, 1.165) is 4.90 Å². The van der Waals surface area contributed by atoms with Gasteiger partial charge in [0.2, 0.25) is 0 Å². The molecule has 1 atom stereocenters. The van der Waals surface area contributed by atoms with Crippen molar-refractivity contribution in [3.8, 4) is 0 Å².